The zero-order chi connectivity index (χ0) is 19.8. The lowest BCUT2D eigenvalue weighted by atomic mass is 9.87. The smallest absolute Gasteiger partial charge is 0.177 e. The zero-order valence-electron chi connectivity index (χ0n) is 14.8. The Hall–Kier alpha value is -1.97. The fourth-order valence-corrected chi connectivity index (χ4v) is 3.02. The molecule has 0 amide bonds. The van der Waals surface area contributed by atoms with E-state index in [0.29, 0.717) is 0 Å². The summed E-state index contributed by atoms with van der Waals surface area (Å²) in [7, 11) is -5.39. The molecule has 144 valence electrons. The van der Waals surface area contributed by atoms with E-state index in [-0.39, 0.29) is 0 Å². The van der Waals surface area contributed by atoms with Crippen molar-refractivity contribution in [1.82, 2.24) is 0 Å². The van der Waals surface area contributed by atoms with Crippen LogP contribution in [0.1, 0.15) is 24.0 Å². The van der Waals surface area contributed by atoms with Crippen molar-refractivity contribution in [2.75, 3.05) is 19.6 Å². The minimum atomic E-state index is -5.39. The highest BCUT2D eigenvalue weighted by Crippen LogP contribution is 2.28. The first-order valence-electron chi connectivity index (χ1n) is 8.69. The molecule has 0 atom stereocenters. The third-order valence-electron chi connectivity index (χ3n) is 4.30. The summed E-state index contributed by atoms with van der Waals surface area (Å²) in [4.78, 5) is 27.2. The first-order chi connectivity index (χ1) is 12.8. The number of nitrogens with one attached hydrogen (secondary N) is 1. The minimum absolute atomic E-state index is 0.808. The second-order valence-electron chi connectivity index (χ2n) is 6.33. The molecule has 2 N–H and O–H groups in total. The number of phosphoric acid groups is 1. The van der Waals surface area contributed by atoms with Crippen molar-refractivity contribution in [3.63, 3.8) is 0 Å². The van der Waals surface area contributed by atoms with Crippen LogP contribution in [0.5, 0.6) is 0 Å². The molecule has 27 heavy (non-hydrogen) atoms. The van der Waals surface area contributed by atoms with E-state index in [1.165, 1.54) is 30.8 Å². The Morgan fingerprint density at radius 2 is 1.33 bits per heavy atom. The van der Waals surface area contributed by atoms with Crippen molar-refractivity contribution in [2.45, 2.75) is 18.4 Å². The van der Waals surface area contributed by atoms with Gasteiger partial charge in [0, 0.05) is 24.0 Å². The molecule has 0 radical (unpaired) electrons. The van der Waals surface area contributed by atoms with Crippen molar-refractivity contribution in [3.05, 3.63) is 71.8 Å². The van der Waals surface area contributed by atoms with Crippen LogP contribution in [-0.2, 0) is 10.2 Å². The van der Waals surface area contributed by atoms with Crippen LogP contribution in [0.25, 0.3) is 0 Å². The van der Waals surface area contributed by atoms with Gasteiger partial charge in [-0.05, 0) is 5.92 Å². The largest absolute Gasteiger partial charge is 0.822 e. The van der Waals surface area contributed by atoms with Gasteiger partial charge in [0.2, 0.25) is 0 Å². The molecule has 3 rings (SSSR count). The number of aliphatic hydroxyl groups is 1. The molecule has 0 unspecified atom stereocenters. The molecule has 1 heterocycles. The predicted molar refractivity (Wildman–Crippen MR) is 96.1 cm³/mol. The molecular weight excluding hydrogens is 365 g/mol. The summed E-state index contributed by atoms with van der Waals surface area (Å²) in [6.45, 7) is 3.20. The van der Waals surface area contributed by atoms with E-state index in [4.69, 9.17) is 19.2 Å². The van der Waals surface area contributed by atoms with E-state index >= 15 is 0 Å². The van der Waals surface area contributed by atoms with E-state index < -0.39 is 13.4 Å². The fraction of sp³-hybridized carbons (Fsp3) is 0.300. The van der Waals surface area contributed by atoms with Gasteiger partial charge in [0.15, 0.2) is 5.60 Å². The number of quaternary nitrogens is 1. The second kappa shape index (κ2) is 9.82. The molecule has 6 nitrogen and oxygen atoms in total. The van der Waals surface area contributed by atoms with E-state index in [9.17, 15) is 5.11 Å². The third kappa shape index (κ3) is 7.28. The standard InChI is InChI=1S/C20H21NO.H3O4P/c22-20(18-10-3-1-4-11-18,19-12-5-2-6-13-19)14-9-17-21-15-7-8-16-21;1-5(2,3)4/h1-6,10-13,22H,7-8,15-17H2;(H3,1,2,3,4)/p-2. The normalized spacial score (nSPS) is 14.7. The van der Waals surface area contributed by atoms with Crippen molar-refractivity contribution in [1.29, 1.82) is 0 Å². The highest BCUT2D eigenvalue weighted by Gasteiger charge is 2.29. The van der Waals surface area contributed by atoms with Crippen LogP contribution in [0.3, 0.4) is 0 Å². The molecule has 1 saturated heterocycles. The molecule has 2 aromatic rings. The van der Waals surface area contributed by atoms with E-state index in [1.807, 2.05) is 60.7 Å². The Bertz CT molecular complexity index is 757. The van der Waals surface area contributed by atoms with Crippen LogP contribution in [0.15, 0.2) is 60.7 Å². The number of rotatable bonds is 3. The van der Waals surface area contributed by atoms with Gasteiger partial charge in [0.1, 0.15) is 6.54 Å². The molecule has 0 bridgehead atoms. The number of hydrogen-bond acceptors (Lipinski definition) is 5. The van der Waals surface area contributed by atoms with Gasteiger partial charge in [-0.25, -0.2) is 0 Å². The van der Waals surface area contributed by atoms with Crippen molar-refractivity contribution < 1.29 is 29.3 Å². The summed E-state index contributed by atoms with van der Waals surface area (Å²) in [5, 5.41) is 11.2. The molecule has 7 heteroatoms. The topological polar surface area (TPSA) is 111 Å². The lowest BCUT2D eigenvalue weighted by molar-refractivity contribution is -0.879. The SMILES string of the molecule is O=P([O-])([O-])[O-].OC(C#CC[NH+]1CCCC1)(c1ccccc1)c1ccccc1. The van der Waals surface area contributed by atoms with Crippen LogP contribution in [-0.4, -0.2) is 24.7 Å². The predicted octanol–water partition coefficient (Wildman–Crippen LogP) is -1.22. The van der Waals surface area contributed by atoms with Crippen molar-refractivity contribution >= 4 is 7.82 Å². The van der Waals surface area contributed by atoms with E-state index in [0.717, 1.165) is 17.7 Å². The lowest BCUT2D eigenvalue weighted by Gasteiger charge is -2.36. The molecule has 1 aliphatic heterocycles. The highest BCUT2D eigenvalue weighted by atomic mass is 31.2. The Morgan fingerprint density at radius 3 is 1.74 bits per heavy atom. The van der Waals surface area contributed by atoms with Gasteiger partial charge in [0.25, 0.3) is 0 Å². The maximum absolute atomic E-state index is 11.2. The summed E-state index contributed by atoms with van der Waals surface area (Å²) < 4.78 is 8.55. The van der Waals surface area contributed by atoms with Gasteiger partial charge in [-0.3, -0.25) is 0 Å². The van der Waals surface area contributed by atoms with Crippen LogP contribution in [0, 0.1) is 11.8 Å². The number of benzene rings is 2. The summed E-state index contributed by atoms with van der Waals surface area (Å²) in [6, 6.07) is 19.4. The molecule has 0 saturated carbocycles. The second-order valence-corrected chi connectivity index (χ2v) is 7.22. The average Bonchev–Trinajstić information content (AvgIpc) is 3.15. The quantitative estimate of drug-likeness (QED) is 0.507. The molecular formula is C20H22NO5P-2. The van der Waals surface area contributed by atoms with Gasteiger partial charge in [0.05, 0.1) is 13.1 Å². The van der Waals surface area contributed by atoms with Gasteiger partial charge in [-0.2, -0.15) is 7.82 Å². The minimum Gasteiger partial charge on any atom is -0.822 e. The Morgan fingerprint density at radius 1 is 0.926 bits per heavy atom. The monoisotopic (exact) mass is 387 g/mol. The summed E-state index contributed by atoms with van der Waals surface area (Å²) in [5.41, 5.74) is 0.414. The molecule has 1 fully saturated rings. The maximum Gasteiger partial charge on any atom is 0.177 e. The maximum atomic E-state index is 11.2. The fourth-order valence-electron chi connectivity index (χ4n) is 3.02. The summed E-state index contributed by atoms with van der Waals surface area (Å²) in [5.74, 6) is 6.37. The number of hydrogen-bond donors (Lipinski definition) is 2. The highest BCUT2D eigenvalue weighted by molar-refractivity contribution is 7.40. The van der Waals surface area contributed by atoms with Crippen LogP contribution < -0.4 is 19.6 Å². The van der Waals surface area contributed by atoms with E-state index in [1.54, 1.807) is 0 Å². The van der Waals surface area contributed by atoms with Crippen molar-refractivity contribution in [3.8, 4) is 11.8 Å². The first-order valence-corrected chi connectivity index (χ1v) is 10.2. The molecule has 1 aliphatic rings. The van der Waals surface area contributed by atoms with Gasteiger partial charge >= 0.3 is 0 Å². The van der Waals surface area contributed by atoms with Crippen LogP contribution in [0.4, 0.5) is 0 Å². The van der Waals surface area contributed by atoms with Crippen LogP contribution >= 0.6 is 7.82 Å². The first kappa shape index (κ1) is 21.3. The molecule has 0 aromatic heterocycles. The molecule has 2 aromatic carbocycles. The molecule has 0 spiro atoms. The Balaban J connectivity index is 0.000000465. The third-order valence-corrected chi connectivity index (χ3v) is 4.30. The average molecular weight is 387 g/mol. The van der Waals surface area contributed by atoms with Crippen LogP contribution in [0.2, 0.25) is 0 Å². The van der Waals surface area contributed by atoms with Gasteiger partial charge < -0.3 is 29.3 Å². The Kier molecular flexibility index (Phi) is 7.76. The lowest BCUT2D eigenvalue weighted by Crippen LogP contribution is -3.09. The number of likely N-dealkylation sites (tertiary alicyclic amines) is 1. The Labute approximate surface area is 159 Å². The van der Waals surface area contributed by atoms with Gasteiger partial charge in [-0.1, -0.05) is 66.6 Å². The summed E-state index contributed by atoms with van der Waals surface area (Å²) in [6.07, 6.45) is 2.58. The van der Waals surface area contributed by atoms with E-state index in [2.05, 4.69) is 11.8 Å². The zero-order valence-corrected chi connectivity index (χ0v) is 15.7. The van der Waals surface area contributed by atoms with Crippen molar-refractivity contribution in [2.24, 2.45) is 0 Å². The summed E-state index contributed by atoms with van der Waals surface area (Å²) >= 11 is 0. The molecule has 0 aliphatic carbocycles. The van der Waals surface area contributed by atoms with Gasteiger partial charge in [-0.15, -0.1) is 0 Å².